The fraction of sp³-hybridized carbons (Fsp3) is 0.600. The van der Waals surface area contributed by atoms with Gasteiger partial charge in [0.05, 0.1) is 6.10 Å². The number of hydrogen-bond donors (Lipinski definition) is 2. The van der Waals surface area contributed by atoms with Gasteiger partial charge in [0.25, 0.3) is 0 Å². The number of halogens is 1. The minimum absolute atomic E-state index is 0.336. The fourth-order valence-electron chi connectivity index (χ4n) is 2.43. The van der Waals surface area contributed by atoms with Crippen LogP contribution in [-0.4, -0.2) is 18.2 Å². The summed E-state index contributed by atoms with van der Waals surface area (Å²) >= 11 is 0. The zero-order valence-electron chi connectivity index (χ0n) is 11.1. The van der Waals surface area contributed by atoms with Gasteiger partial charge in [-0.25, -0.2) is 4.39 Å². The topological polar surface area (TPSA) is 32.3 Å². The third kappa shape index (κ3) is 2.90. The van der Waals surface area contributed by atoms with Crippen LogP contribution in [0, 0.1) is 17.2 Å². The van der Waals surface area contributed by atoms with Crippen LogP contribution in [0.3, 0.4) is 0 Å². The number of aliphatic hydroxyl groups excluding tert-OH is 1. The molecule has 18 heavy (non-hydrogen) atoms. The number of rotatable bonds is 6. The highest BCUT2D eigenvalue weighted by atomic mass is 19.1. The van der Waals surface area contributed by atoms with Crippen LogP contribution < -0.4 is 5.32 Å². The first-order valence-corrected chi connectivity index (χ1v) is 6.68. The summed E-state index contributed by atoms with van der Waals surface area (Å²) in [6.45, 7) is 5.80. The molecular formula is C15H22FNO. The molecule has 1 saturated carbocycles. The van der Waals surface area contributed by atoms with Crippen molar-refractivity contribution in [2.45, 2.75) is 32.8 Å². The van der Waals surface area contributed by atoms with Crippen LogP contribution >= 0.6 is 0 Å². The van der Waals surface area contributed by atoms with Crippen LogP contribution in [-0.2, 0) is 0 Å². The minimum Gasteiger partial charge on any atom is -0.387 e. The van der Waals surface area contributed by atoms with Crippen LogP contribution in [0.25, 0.3) is 0 Å². The van der Waals surface area contributed by atoms with E-state index in [0.29, 0.717) is 23.4 Å². The number of aliphatic hydroxyl groups is 1. The van der Waals surface area contributed by atoms with Gasteiger partial charge in [-0.1, -0.05) is 32.0 Å². The first-order chi connectivity index (χ1) is 8.55. The highest BCUT2D eigenvalue weighted by Gasteiger charge is 2.44. The van der Waals surface area contributed by atoms with Gasteiger partial charge >= 0.3 is 0 Å². The smallest absolute Gasteiger partial charge is 0.129 e. The van der Waals surface area contributed by atoms with Gasteiger partial charge in [0.1, 0.15) is 5.82 Å². The van der Waals surface area contributed by atoms with Gasteiger partial charge in [-0.05, 0) is 30.2 Å². The first kappa shape index (κ1) is 13.5. The van der Waals surface area contributed by atoms with Gasteiger partial charge in [0, 0.05) is 18.7 Å². The zero-order valence-corrected chi connectivity index (χ0v) is 11.1. The molecule has 0 bridgehead atoms. The van der Waals surface area contributed by atoms with Gasteiger partial charge in [-0.2, -0.15) is 0 Å². The van der Waals surface area contributed by atoms with Crippen molar-refractivity contribution in [1.29, 1.82) is 0 Å². The maximum atomic E-state index is 13.5. The second-order valence-electron chi connectivity index (χ2n) is 5.69. The molecule has 2 N–H and O–H groups in total. The van der Waals surface area contributed by atoms with E-state index in [1.807, 2.05) is 0 Å². The number of hydrogen-bond acceptors (Lipinski definition) is 2. The Bertz CT molecular complexity index is 401. The fourth-order valence-corrected chi connectivity index (χ4v) is 2.43. The van der Waals surface area contributed by atoms with E-state index in [-0.39, 0.29) is 5.82 Å². The monoisotopic (exact) mass is 251 g/mol. The molecule has 0 aromatic heterocycles. The van der Waals surface area contributed by atoms with E-state index in [2.05, 4.69) is 19.2 Å². The molecule has 1 aromatic carbocycles. The lowest BCUT2D eigenvalue weighted by Crippen LogP contribution is -2.31. The van der Waals surface area contributed by atoms with Crippen molar-refractivity contribution < 1.29 is 9.50 Å². The molecule has 0 amide bonds. The standard InChI is InChI=1S/C15H22FNO/c1-11(2)15(7-8-15)10-17-9-14(18)12-5-3-4-6-13(12)16/h3-6,11,14,17-18H,7-10H2,1-2H3. The molecule has 2 nitrogen and oxygen atoms in total. The average molecular weight is 251 g/mol. The molecule has 0 radical (unpaired) electrons. The van der Waals surface area contributed by atoms with E-state index < -0.39 is 6.10 Å². The Labute approximate surface area is 108 Å². The molecule has 0 saturated heterocycles. The molecule has 3 heteroatoms. The van der Waals surface area contributed by atoms with Crippen LogP contribution in [0.4, 0.5) is 4.39 Å². The molecule has 0 aliphatic heterocycles. The minimum atomic E-state index is -0.769. The van der Waals surface area contributed by atoms with Gasteiger partial charge in [-0.15, -0.1) is 0 Å². The molecule has 100 valence electrons. The normalized spacial score (nSPS) is 18.9. The largest absolute Gasteiger partial charge is 0.387 e. The number of nitrogens with one attached hydrogen (secondary N) is 1. The summed E-state index contributed by atoms with van der Waals surface area (Å²) in [6, 6.07) is 6.40. The summed E-state index contributed by atoms with van der Waals surface area (Å²) < 4.78 is 13.5. The third-order valence-electron chi connectivity index (χ3n) is 4.20. The molecule has 2 rings (SSSR count). The number of benzene rings is 1. The van der Waals surface area contributed by atoms with E-state index in [0.717, 1.165) is 6.54 Å². The van der Waals surface area contributed by atoms with Crippen LogP contribution in [0.1, 0.15) is 38.4 Å². The SMILES string of the molecule is CC(C)C1(CNCC(O)c2ccccc2F)CC1. The predicted molar refractivity (Wildman–Crippen MR) is 70.7 cm³/mol. The molecule has 1 aliphatic rings. The van der Waals surface area contributed by atoms with Gasteiger partial charge in [0.15, 0.2) is 0 Å². The van der Waals surface area contributed by atoms with E-state index in [1.54, 1.807) is 18.2 Å². The van der Waals surface area contributed by atoms with Crippen molar-refractivity contribution in [1.82, 2.24) is 5.32 Å². The van der Waals surface area contributed by atoms with Crippen molar-refractivity contribution in [3.8, 4) is 0 Å². The van der Waals surface area contributed by atoms with Crippen LogP contribution in [0.15, 0.2) is 24.3 Å². The van der Waals surface area contributed by atoms with Crippen molar-refractivity contribution >= 4 is 0 Å². The highest BCUT2D eigenvalue weighted by Crippen LogP contribution is 2.51. The second-order valence-corrected chi connectivity index (χ2v) is 5.69. The quantitative estimate of drug-likeness (QED) is 0.815. The summed E-state index contributed by atoms with van der Waals surface area (Å²) in [5.74, 6) is 0.326. The van der Waals surface area contributed by atoms with Crippen LogP contribution in [0.5, 0.6) is 0 Å². The highest BCUT2D eigenvalue weighted by molar-refractivity contribution is 5.20. The molecule has 1 atom stereocenters. The van der Waals surface area contributed by atoms with E-state index >= 15 is 0 Å². The van der Waals surface area contributed by atoms with Crippen molar-refractivity contribution in [3.05, 3.63) is 35.6 Å². The Morgan fingerprint density at radius 1 is 1.33 bits per heavy atom. The Kier molecular flexibility index (Phi) is 4.03. The van der Waals surface area contributed by atoms with E-state index in [1.165, 1.54) is 18.9 Å². The van der Waals surface area contributed by atoms with Gasteiger partial charge in [0.2, 0.25) is 0 Å². The Balaban J connectivity index is 1.82. The lowest BCUT2D eigenvalue weighted by Gasteiger charge is -2.21. The predicted octanol–water partition coefficient (Wildman–Crippen LogP) is 2.88. The van der Waals surface area contributed by atoms with E-state index in [9.17, 15) is 9.50 Å². The van der Waals surface area contributed by atoms with Gasteiger partial charge < -0.3 is 10.4 Å². The van der Waals surface area contributed by atoms with Crippen molar-refractivity contribution in [2.24, 2.45) is 11.3 Å². The summed E-state index contributed by atoms with van der Waals surface area (Å²) in [6.07, 6.45) is 1.75. The average Bonchev–Trinajstić information content (AvgIpc) is 3.10. The van der Waals surface area contributed by atoms with Crippen molar-refractivity contribution in [3.63, 3.8) is 0 Å². The zero-order chi connectivity index (χ0) is 13.2. The summed E-state index contributed by atoms with van der Waals surface area (Å²) in [5, 5.41) is 13.2. The Hall–Kier alpha value is -0.930. The summed E-state index contributed by atoms with van der Waals surface area (Å²) in [4.78, 5) is 0. The molecule has 1 fully saturated rings. The molecule has 0 heterocycles. The van der Waals surface area contributed by atoms with Gasteiger partial charge in [-0.3, -0.25) is 0 Å². The molecule has 1 unspecified atom stereocenters. The lowest BCUT2D eigenvalue weighted by molar-refractivity contribution is 0.165. The molecule has 1 aromatic rings. The second kappa shape index (κ2) is 5.37. The third-order valence-corrected chi connectivity index (χ3v) is 4.20. The maximum absolute atomic E-state index is 13.5. The lowest BCUT2D eigenvalue weighted by atomic mass is 9.92. The maximum Gasteiger partial charge on any atom is 0.129 e. The van der Waals surface area contributed by atoms with Crippen molar-refractivity contribution in [2.75, 3.05) is 13.1 Å². The summed E-state index contributed by atoms with van der Waals surface area (Å²) in [7, 11) is 0. The summed E-state index contributed by atoms with van der Waals surface area (Å²) in [5.41, 5.74) is 0.786. The van der Waals surface area contributed by atoms with E-state index in [4.69, 9.17) is 0 Å². The molecule has 0 spiro atoms. The molecule has 1 aliphatic carbocycles. The first-order valence-electron chi connectivity index (χ1n) is 6.68. The van der Waals surface area contributed by atoms with Crippen LogP contribution in [0.2, 0.25) is 0 Å². The molecular weight excluding hydrogens is 229 g/mol. The Morgan fingerprint density at radius 3 is 2.56 bits per heavy atom. The Morgan fingerprint density at radius 2 is 2.00 bits per heavy atom.